The highest BCUT2D eigenvalue weighted by Crippen LogP contribution is 2.16. The summed E-state index contributed by atoms with van der Waals surface area (Å²) in [5, 5.41) is 11.8. The summed E-state index contributed by atoms with van der Waals surface area (Å²) in [5.74, 6) is -2.99. The Hall–Kier alpha value is -4.09. The number of nitrogens with zero attached hydrogens (tertiary/aromatic N) is 1. The molecule has 214 valence electrons. The van der Waals surface area contributed by atoms with Crippen LogP contribution in [-0.2, 0) is 27.3 Å². The minimum absolute atomic E-state index is 0.0874. The van der Waals surface area contributed by atoms with Gasteiger partial charge in [-0.1, -0.05) is 24.3 Å². The number of carbonyl (C=O) groups excluding carboxylic acids is 1. The van der Waals surface area contributed by atoms with Crippen molar-refractivity contribution in [3.63, 3.8) is 0 Å². The lowest BCUT2D eigenvalue weighted by atomic mass is 10.1. The molecule has 0 bridgehead atoms. The molecule has 0 heterocycles. The predicted octanol–water partition coefficient (Wildman–Crippen LogP) is 5.27. The molecule has 3 rings (SSSR count). The summed E-state index contributed by atoms with van der Waals surface area (Å²) in [6, 6.07) is 15.2. The first-order chi connectivity index (χ1) is 19.2. The fraction of sp³-hybridized carbons (Fsp3) is 0.310. The summed E-state index contributed by atoms with van der Waals surface area (Å²) in [4.78, 5) is 25.6. The maximum Gasteiger partial charge on any atom is 0.333 e. The minimum atomic E-state index is -1.09. The van der Waals surface area contributed by atoms with Crippen molar-refractivity contribution < 1.29 is 42.1 Å². The molecular formula is C29H31F3N2O6. The Bertz CT molecular complexity index is 1240. The maximum absolute atomic E-state index is 13.6. The van der Waals surface area contributed by atoms with E-state index in [1.807, 2.05) is 0 Å². The molecule has 1 atom stereocenters. The van der Waals surface area contributed by atoms with E-state index in [1.165, 1.54) is 23.1 Å². The Morgan fingerprint density at radius 3 is 2.23 bits per heavy atom. The van der Waals surface area contributed by atoms with Crippen LogP contribution in [0.1, 0.15) is 18.1 Å². The van der Waals surface area contributed by atoms with Crippen LogP contribution in [0.2, 0.25) is 0 Å². The van der Waals surface area contributed by atoms with E-state index >= 15 is 0 Å². The normalized spacial score (nSPS) is 11.6. The molecule has 0 radical (unpaired) electrons. The van der Waals surface area contributed by atoms with Gasteiger partial charge < -0.3 is 29.5 Å². The van der Waals surface area contributed by atoms with Gasteiger partial charge in [-0.25, -0.2) is 22.8 Å². The first-order valence-corrected chi connectivity index (χ1v) is 12.6. The van der Waals surface area contributed by atoms with Crippen LogP contribution < -0.4 is 10.1 Å². The van der Waals surface area contributed by atoms with Gasteiger partial charge in [0.1, 0.15) is 18.2 Å². The third-order valence-corrected chi connectivity index (χ3v) is 5.76. The van der Waals surface area contributed by atoms with Crippen LogP contribution in [0.3, 0.4) is 0 Å². The number of urea groups is 1. The number of halogens is 3. The molecule has 0 spiro atoms. The highest BCUT2D eigenvalue weighted by Gasteiger charge is 2.18. The van der Waals surface area contributed by atoms with Gasteiger partial charge in [0.15, 0.2) is 17.7 Å². The van der Waals surface area contributed by atoms with E-state index in [9.17, 15) is 27.9 Å². The van der Waals surface area contributed by atoms with E-state index < -0.39 is 29.7 Å². The molecule has 3 aromatic rings. The second-order valence-corrected chi connectivity index (χ2v) is 8.70. The number of ether oxygens (including phenoxy) is 3. The second-order valence-electron chi connectivity index (χ2n) is 8.70. The van der Waals surface area contributed by atoms with Crippen molar-refractivity contribution in [3.8, 4) is 5.75 Å². The van der Waals surface area contributed by atoms with Crippen molar-refractivity contribution in [2.24, 2.45) is 0 Å². The lowest BCUT2D eigenvalue weighted by molar-refractivity contribution is -0.149. The third-order valence-electron chi connectivity index (χ3n) is 5.76. The van der Waals surface area contributed by atoms with E-state index in [0.717, 1.165) is 23.3 Å². The summed E-state index contributed by atoms with van der Waals surface area (Å²) >= 11 is 0. The molecule has 0 aliphatic carbocycles. The summed E-state index contributed by atoms with van der Waals surface area (Å²) in [6.07, 6.45) is -0.733. The number of hydrogen-bond acceptors (Lipinski definition) is 5. The van der Waals surface area contributed by atoms with E-state index in [-0.39, 0.29) is 57.4 Å². The van der Waals surface area contributed by atoms with Crippen LogP contribution in [0.5, 0.6) is 5.75 Å². The van der Waals surface area contributed by atoms with Crippen LogP contribution in [0.4, 0.5) is 23.7 Å². The van der Waals surface area contributed by atoms with Gasteiger partial charge in [0.25, 0.3) is 0 Å². The van der Waals surface area contributed by atoms with Crippen molar-refractivity contribution in [3.05, 3.63) is 95.3 Å². The molecule has 11 heteroatoms. The van der Waals surface area contributed by atoms with Crippen LogP contribution in [-0.4, -0.2) is 61.0 Å². The SMILES string of the molecule is CCOC(Cc1ccc(OCCN(CCOCc2ccc(F)cc2)C(=O)Nc2ccc(F)c(F)c2)cc1)C(=O)O. The molecule has 0 aliphatic heterocycles. The monoisotopic (exact) mass is 560 g/mol. The number of carboxylic acids is 1. The van der Waals surface area contributed by atoms with Crippen LogP contribution in [0.15, 0.2) is 66.7 Å². The zero-order chi connectivity index (χ0) is 28.9. The van der Waals surface area contributed by atoms with Gasteiger partial charge in [-0.15, -0.1) is 0 Å². The molecule has 1 unspecified atom stereocenters. The average molecular weight is 561 g/mol. The Balaban J connectivity index is 1.55. The van der Waals surface area contributed by atoms with Gasteiger partial charge >= 0.3 is 12.0 Å². The molecule has 0 saturated heterocycles. The lowest BCUT2D eigenvalue weighted by Crippen LogP contribution is -2.40. The first kappa shape index (κ1) is 30.5. The van der Waals surface area contributed by atoms with Crippen LogP contribution in [0, 0.1) is 17.5 Å². The number of anilines is 1. The number of hydrogen-bond donors (Lipinski definition) is 2. The molecule has 2 amide bonds. The molecule has 0 aliphatic rings. The van der Waals surface area contributed by atoms with Gasteiger partial charge in [0.2, 0.25) is 0 Å². The lowest BCUT2D eigenvalue weighted by Gasteiger charge is -2.23. The number of aliphatic carboxylic acids is 1. The molecule has 0 saturated carbocycles. The largest absolute Gasteiger partial charge is 0.492 e. The maximum atomic E-state index is 13.6. The fourth-order valence-corrected chi connectivity index (χ4v) is 3.66. The summed E-state index contributed by atoms with van der Waals surface area (Å²) in [6.45, 7) is 2.80. The third kappa shape index (κ3) is 9.90. The van der Waals surface area contributed by atoms with Gasteiger partial charge in [-0.05, 0) is 54.4 Å². The van der Waals surface area contributed by atoms with E-state index in [2.05, 4.69) is 5.32 Å². The zero-order valence-corrected chi connectivity index (χ0v) is 21.9. The molecule has 0 aromatic heterocycles. The molecule has 2 N–H and O–H groups in total. The van der Waals surface area contributed by atoms with Crippen LogP contribution >= 0.6 is 0 Å². The number of carbonyl (C=O) groups is 2. The van der Waals surface area contributed by atoms with Crippen molar-refractivity contribution in [1.29, 1.82) is 0 Å². The van der Waals surface area contributed by atoms with Crippen molar-refractivity contribution >= 4 is 17.7 Å². The summed E-state index contributed by atoms with van der Waals surface area (Å²) < 4.78 is 56.6. The number of nitrogens with one attached hydrogen (secondary N) is 1. The second kappa shape index (κ2) is 15.5. The highest BCUT2D eigenvalue weighted by molar-refractivity contribution is 5.89. The van der Waals surface area contributed by atoms with Gasteiger partial charge in [0, 0.05) is 31.3 Å². The minimum Gasteiger partial charge on any atom is -0.492 e. The first-order valence-electron chi connectivity index (χ1n) is 12.6. The molecule has 8 nitrogen and oxygen atoms in total. The number of rotatable bonds is 15. The van der Waals surface area contributed by atoms with Gasteiger partial charge in [0.05, 0.1) is 19.8 Å². The Labute approximate surface area is 230 Å². The van der Waals surface area contributed by atoms with E-state index in [4.69, 9.17) is 14.2 Å². The molecule has 3 aromatic carbocycles. The van der Waals surface area contributed by atoms with Crippen LogP contribution in [0.25, 0.3) is 0 Å². The predicted molar refractivity (Wildman–Crippen MR) is 142 cm³/mol. The van der Waals surface area contributed by atoms with Crippen molar-refractivity contribution in [1.82, 2.24) is 4.90 Å². The fourth-order valence-electron chi connectivity index (χ4n) is 3.66. The average Bonchev–Trinajstić information content (AvgIpc) is 2.93. The highest BCUT2D eigenvalue weighted by atomic mass is 19.2. The number of benzene rings is 3. The zero-order valence-electron chi connectivity index (χ0n) is 21.9. The van der Waals surface area contributed by atoms with E-state index in [0.29, 0.717) is 5.75 Å². The standard InChI is InChI=1S/C29H31F3N2O6/c1-2-39-27(28(35)36)17-20-5-10-24(11-6-20)40-16-14-34(13-15-38-19-21-3-7-22(30)8-4-21)29(37)33-23-9-12-25(31)26(32)18-23/h3-12,18,27H,2,13-17,19H2,1H3,(H,33,37)(H,35,36). The van der Waals surface area contributed by atoms with Crippen molar-refractivity contribution in [2.75, 3.05) is 38.2 Å². The smallest absolute Gasteiger partial charge is 0.333 e. The summed E-state index contributed by atoms with van der Waals surface area (Å²) in [7, 11) is 0. The summed E-state index contributed by atoms with van der Waals surface area (Å²) in [5.41, 5.74) is 1.62. The van der Waals surface area contributed by atoms with E-state index in [1.54, 1.807) is 43.3 Å². The topological polar surface area (TPSA) is 97.3 Å². The Kier molecular flexibility index (Phi) is 11.8. The molecular weight excluding hydrogens is 529 g/mol. The Morgan fingerprint density at radius 1 is 0.900 bits per heavy atom. The number of amides is 2. The Morgan fingerprint density at radius 2 is 1.57 bits per heavy atom. The number of carboxylic acid groups (broad SMARTS) is 1. The van der Waals surface area contributed by atoms with Gasteiger partial charge in [-0.3, -0.25) is 0 Å². The van der Waals surface area contributed by atoms with Gasteiger partial charge in [-0.2, -0.15) is 0 Å². The van der Waals surface area contributed by atoms with Crippen molar-refractivity contribution in [2.45, 2.75) is 26.1 Å². The molecule has 40 heavy (non-hydrogen) atoms. The molecule has 0 fully saturated rings. The quantitative estimate of drug-likeness (QED) is 0.246.